The van der Waals surface area contributed by atoms with Crippen LogP contribution in [0, 0.1) is 28.4 Å². The highest BCUT2D eigenvalue weighted by molar-refractivity contribution is 5.48. The smallest absolute Gasteiger partial charge is 0.310 e. The van der Waals surface area contributed by atoms with Crippen LogP contribution in [0.3, 0.4) is 0 Å². The molecule has 1 saturated carbocycles. The fourth-order valence-corrected chi connectivity index (χ4v) is 1.89. The predicted molar refractivity (Wildman–Crippen MR) is 73.5 cm³/mol. The number of hydrogen-bond donors (Lipinski definition) is 1. The minimum atomic E-state index is -0.459. The molecule has 20 heavy (non-hydrogen) atoms. The highest BCUT2D eigenvalue weighted by Crippen LogP contribution is 2.28. The monoisotopic (exact) mass is 275 g/mol. The van der Waals surface area contributed by atoms with Crippen molar-refractivity contribution in [3.05, 3.63) is 33.9 Å². The van der Waals surface area contributed by atoms with E-state index in [4.69, 9.17) is 10.00 Å². The largest absolute Gasteiger partial charge is 0.487 e. The van der Waals surface area contributed by atoms with Crippen molar-refractivity contribution in [1.82, 2.24) is 5.32 Å². The van der Waals surface area contributed by atoms with Gasteiger partial charge in [0, 0.05) is 18.5 Å². The third-order valence-corrected chi connectivity index (χ3v) is 3.15. The van der Waals surface area contributed by atoms with Crippen LogP contribution >= 0.6 is 0 Å². The van der Waals surface area contributed by atoms with Crippen LogP contribution in [0.2, 0.25) is 0 Å². The van der Waals surface area contributed by atoms with Gasteiger partial charge in [0.2, 0.25) is 0 Å². The van der Waals surface area contributed by atoms with Crippen molar-refractivity contribution in [2.24, 2.45) is 0 Å². The van der Waals surface area contributed by atoms with Gasteiger partial charge in [-0.15, -0.1) is 0 Å². The molecule has 0 spiro atoms. The SMILES string of the molecule is Cc1ccc([N+](=O)[O-])c(OCCC(C#N)NC2CC2)c1. The molecule has 0 aromatic heterocycles. The van der Waals surface area contributed by atoms with E-state index < -0.39 is 4.92 Å². The fourth-order valence-electron chi connectivity index (χ4n) is 1.89. The van der Waals surface area contributed by atoms with E-state index in [0.717, 1.165) is 18.4 Å². The number of benzene rings is 1. The van der Waals surface area contributed by atoms with Crippen LogP contribution < -0.4 is 10.1 Å². The molecule has 0 saturated heterocycles. The zero-order chi connectivity index (χ0) is 14.5. The van der Waals surface area contributed by atoms with Crippen molar-refractivity contribution >= 4 is 5.69 Å². The molecule has 1 unspecified atom stereocenters. The van der Waals surface area contributed by atoms with Crippen molar-refractivity contribution in [2.75, 3.05) is 6.61 Å². The molecule has 2 rings (SSSR count). The van der Waals surface area contributed by atoms with Crippen molar-refractivity contribution in [3.63, 3.8) is 0 Å². The summed E-state index contributed by atoms with van der Waals surface area (Å²) in [5.74, 6) is 0.262. The topological polar surface area (TPSA) is 88.2 Å². The zero-order valence-electron chi connectivity index (χ0n) is 11.3. The number of nitrogens with one attached hydrogen (secondary N) is 1. The number of nitro benzene ring substituents is 1. The van der Waals surface area contributed by atoms with E-state index in [1.54, 1.807) is 12.1 Å². The summed E-state index contributed by atoms with van der Waals surface area (Å²) in [5, 5.41) is 23.1. The summed E-state index contributed by atoms with van der Waals surface area (Å²) in [6.45, 7) is 2.13. The lowest BCUT2D eigenvalue weighted by Crippen LogP contribution is -2.31. The van der Waals surface area contributed by atoms with Crippen molar-refractivity contribution in [1.29, 1.82) is 5.26 Å². The third-order valence-electron chi connectivity index (χ3n) is 3.15. The lowest BCUT2D eigenvalue weighted by molar-refractivity contribution is -0.385. The molecule has 1 aliphatic carbocycles. The molecule has 0 radical (unpaired) electrons. The van der Waals surface area contributed by atoms with E-state index in [1.165, 1.54) is 6.07 Å². The maximum absolute atomic E-state index is 10.9. The van der Waals surface area contributed by atoms with Gasteiger partial charge in [-0.05, 0) is 31.4 Å². The van der Waals surface area contributed by atoms with Gasteiger partial charge in [0.1, 0.15) is 0 Å². The summed E-state index contributed by atoms with van der Waals surface area (Å²) < 4.78 is 5.48. The van der Waals surface area contributed by atoms with Crippen LogP contribution in [0.15, 0.2) is 18.2 Å². The maximum Gasteiger partial charge on any atom is 0.310 e. The minimum Gasteiger partial charge on any atom is -0.487 e. The molecule has 1 N–H and O–H groups in total. The van der Waals surface area contributed by atoms with Gasteiger partial charge in [0.25, 0.3) is 0 Å². The summed E-state index contributed by atoms with van der Waals surface area (Å²) in [7, 11) is 0. The van der Waals surface area contributed by atoms with E-state index in [2.05, 4.69) is 11.4 Å². The summed E-state index contributed by atoms with van der Waals surface area (Å²) in [6, 6.07) is 7.14. The molecular weight excluding hydrogens is 258 g/mol. The standard InChI is InChI=1S/C14H17N3O3/c1-10-2-5-13(17(18)19)14(8-10)20-7-6-12(9-15)16-11-3-4-11/h2,5,8,11-12,16H,3-4,6-7H2,1H3. The molecular formula is C14H17N3O3. The second-order valence-electron chi connectivity index (χ2n) is 4.99. The van der Waals surface area contributed by atoms with Gasteiger partial charge in [-0.1, -0.05) is 6.07 Å². The summed E-state index contributed by atoms with van der Waals surface area (Å²) in [6.07, 6.45) is 2.74. The van der Waals surface area contributed by atoms with E-state index in [-0.39, 0.29) is 24.1 Å². The van der Waals surface area contributed by atoms with E-state index in [9.17, 15) is 10.1 Å². The Balaban J connectivity index is 1.91. The third kappa shape index (κ3) is 3.93. The molecule has 106 valence electrons. The average molecular weight is 275 g/mol. The van der Waals surface area contributed by atoms with Crippen LogP contribution in [0.1, 0.15) is 24.8 Å². The molecule has 0 bridgehead atoms. The molecule has 1 fully saturated rings. The molecule has 1 atom stereocenters. The van der Waals surface area contributed by atoms with Crippen molar-refractivity contribution in [3.8, 4) is 11.8 Å². The summed E-state index contributed by atoms with van der Waals surface area (Å²) >= 11 is 0. The second kappa shape index (κ2) is 6.35. The first-order valence-electron chi connectivity index (χ1n) is 6.63. The Morgan fingerprint density at radius 2 is 2.35 bits per heavy atom. The number of nitriles is 1. The Morgan fingerprint density at radius 1 is 1.60 bits per heavy atom. The second-order valence-corrected chi connectivity index (χ2v) is 4.99. The van der Waals surface area contributed by atoms with E-state index in [0.29, 0.717) is 12.5 Å². The number of aryl methyl sites for hydroxylation is 1. The number of nitro groups is 1. The van der Waals surface area contributed by atoms with Gasteiger partial charge < -0.3 is 4.74 Å². The molecule has 0 heterocycles. The highest BCUT2D eigenvalue weighted by atomic mass is 16.6. The van der Waals surface area contributed by atoms with E-state index in [1.807, 2.05) is 6.92 Å². The Kier molecular flexibility index (Phi) is 4.53. The Morgan fingerprint density at radius 3 is 2.95 bits per heavy atom. The number of hydrogen-bond acceptors (Lipinski definition) is 5. The summed E-state index contributed by atoms with van der Waals surface area (Å²) in [5.41, 5.74) is 0.859. The van der Waals surface area contributed by atoms with Crippen molar-refractivity contribution in [2.45, 2.75) is 38.3 Å². The quantitative estimate of drug-likeness (QED) is 0.609. The number of ether oxygens (including phenoxy) is 1. The molecule has 6 heteroatoms. The average Bonchev–Trinajstić information content (AvgIpc) is 3.21. The molecule has 1 aliphatic rings. The Bertz CT molecular complexity index is 535. The Labute approximate surface area is 117 Å². The lowest BCUT2D eigenvalue weighted by atomic mass is 10.2. The lowest BCUT2D eigenvalue weighted by Gasteiger charge is -2.12. The molecule has 1 aromatic carbocycles. The molecule has 1 aromatic rings. The minimum absolute atomic E-state index is 0.0424. The van der Waals surface area contributed by atoms with Gasteiger partial charge in [-0.25, -0.2) is 0 Å². The van der Waals surface area contributed by atoms with Gasteiger partial charge >= 0.3 is 5.69 Å². The van der Waals surface area contributed by atoms with Crippen molar-refractivity contribution < 1.29 is 9.66 Å². The molecule has 6 nitrogen and oxygen atoms in total. The fraction of sp³-hybridized carbons (Fsp3) is 0.500. The molecule has 0 amide bonds. The zero-order valence-corrected chi connectivity index (χ0v) is 11.3. The van der Waals surface area contributed by atoms with Crippen LogP contribution in [0.4, 0.5) is 5.69 Å². The van der Waals surface area contributed by atoms with E-state index >= 15 is 0 Å². The van der Waals surface area contributed by atoms with Gasteiger partial charge in [0.15, 0.2) is 5.75 Å². The molecule has 0 aliphatic heterocycles. The Hall–Kier alpha value is -2.13. The van der Waals surface area contributed by atoms with Gasteiger partial charge in [-0.2, -0.15) is 5.26 Å². The first-order chi connectivity index (χ1) is 9.60. The normalized spacial score (nSPS) is 15.4. The van der Waals surface area contributed by atoms with Crippen LogP contribution in [0.25, 0.3) is 0 Å². The first-order valence-corrected chi connectivity index (χ1v) is 6.63. The maximum atomic E-state index is 10.9. The number of rotatable bonds is 7. The number of nitrogens with zero attached hydrogens (tertiary/aromatic N) is 2. The highest BCUT2D eigenvalue weighted by Gasteiger charge is 2.24. The first kappa shape index (κ1) is 14.3. The van der Waals surface area contributed by atoms with Gasteiger partial charge in [-0.3, -0.25) is 15.4 Å². The summed E-state index contributed by atoms with van der Waals surface area (Å²) in [4.78, 5) is 10.4. The van der Waals surface area contributed by atoms with Crippen LogP contribution in [-0.4, -0.2) is 23.6 Å². The van der Waals surface area contributed by atoms with Crippen LogP contribution in [0.5, 0.6) is 5.75 Å². The predicted octanol–water partition coefficient (Wildman–Crippen LogP) is 2.32. The van der Waals surface area contributed by atoms with Crippen LogP contribution in [-0.2, 0) is 0 Å². The van der Waals surface area contributed by atoms with Gasteiger partial charge in [0.05, 0.1) is 23.6 Å².